The molecule has 0 aliphatic carbocycles. The molecule has 1 nitrogen and oxygen atoms in total. The average Bonchev–Trinajstić information content (AvgIpc) is 1.90. The van der Waals surface area contributed by atoms with Gasteiger partial charge in [0.05, 0.1) is 0 Å². The summed E-state index contributed by atoms with van der Waals surface area (Å²) >= 11 is 0. The highest BCUT2D eigenvalue weighted by Gasteiger charge is 1.98. The van der Waals surface area contributed by atoms with Crippen LogP contribution in [0, 0.1) is 0 Å². The zero-order valence-corrected chi connectivity index (χ0v) is 8.10. The van der Waals surface area contributed by atoms with Crippen LogP contribution in [-0.4, -0.2) is 24.5 Å². The smallest absolute Gasteiger partial charge is 0.00214 e. The molecular formula is C9H22FN. The molecule has 0 fully saturated rings. The first kappa shape index (κ1) is 13.5. The summed E-state index contributed by atoms with van der Waals surface area (Å²) in [7, 11) is 0. The van der Waals surface area contributed by atoms with Crippen LogP contribution in [0.15, 0.2) is 0 Å². The van der Waals surface area contributed by atoms with Crippen molar-refractivity contribution in [1.82, 2.24) is 4.90 Å². The van der Waals surface area contributed by atoms with Crippen molar-refractivity contribution in [2.45, 2.75) is 40.0 Å². The molecule has 0 bridgehead atoms. The van der Waals surface area contributed by atoms with E-state index in [0.29, 0.717) is 0 Å². The minimum Gasteiger partial charge on any atom is -0.303 e. The molecule has 0 saturated carbocycles. The minimum atomic E-state index is 0. The second-order valence-electron chi connectivity index (χ2n) is 2.84. The molecule has 70 valence electrons. The highest BCUT2D eigenvalue weighted by Crippen LogP contribution is 1.94. The van der Waals surface area contributed by atoms with E-state index in [1.165, 1.54) is 38.9 Å². The molecule has 0 spiro atoms. The first-order valence-corrected chi connectivity index (χ1v) is 4.57. The predicted octanol–water partition coefficient (Wildman–Crippen LogP) is 2.67. The lowest BCUT2D eigenvalue weighted by Crippen LogP contribution is -2.25. The quantitative estimate of drug-likeness (QED) is 0.582. The fourth-order valence-electron chi connectivity index (χ4n) is 1.28. The van der Waals surface area contributed by atoms with Crippen LogP contribution >= 0.6 is 0 Å². The lowest BCUT2D eigenvalue weighted by atomic mass is 10.3. The summed E-state index contributed by atoms with van der Waals surface area (Å²) in [5.74, 6) is 0. The van der Waals surface area contributed by atoms with E-state index in [-0.39, 0.29) is 4.70 Å². The van der Waals surface area contributed by atoms with E-state index in [2.05, 4.69) is 25.7 Å². The third-order valence-electron chi connectivity index (χ3n) is 1.62. The van der Waals surface area contributed by atoms with Gasteiger partial charge in [-0.3, -0.25) is 4.70 Å². The first-order chi connectivity index (χ1) is 4.85. The Morgan fingerprint density at radius 2 is 1.00 bits per heavy atom. The van der Waals surface area contributed by atoms with E-state index in [1.54, 1.807) is 0 Å². The Morgan fingerprint density at radius 1 is 0.727 bits per heavy atom. The molecule has 0 rings (SSSR count). The molecule has 0 heterocycles. The summed E-state index contributed by atoms with van der Waals surface area (Å²) in [5.41, 5.74) is 0. The van der Waals surface area contributed by atoms with Crippen molar-refractivity contribution < 1.29 is 4.70 Å². The summed E-state index contributed by atoms with van der Waals surface area (Å²) in [6.45, 7) is 10.6. The first-order valence-electron chi connectivity index (χ1n) is 4.57. The van der Waals surface area contributed by atoms with E-state index in [1.807, 2.05) is 0 Å². The molecule has 0 atom stereocenters. The Morgan fingerprint density at radius 3 is 1.18 bits per heavy atom. The van der Waals surface area contributed by atoms with Crippen LogP contribution < -0.4 is 0 Å². The minimum absolute atomic E-state index is 0. The SMILES string of the molecule is CCCN(CCC)CCC.F. The third-order valence-corrected chi connectivity index (χ3v) is 1.62. The lowest BCUT2D eigenvalue weighted by Gasteiger charge is -2.19. The van der Waals surface area contributed by atoms with Gasteiger partial charge in [0.25, 0.3) is 0 Å². The van der Waals surface area contributed by atoms with Crippen LogP contribution in [0.25, 0.3) is 0 Å². The van der Waals surface area contributed by atoms with Crippen molar-refractivity contribution >= 4 is 0 Å². The maximum Gasteiger partial charge on any atom is -0.00214 e. The number of halogens is 1. The second-order valence-corrected chi connectivity index (χ2v) is 2.84. The van der Waals surface area contributed by atoms with E-state index in [0.717, 1.165) is 0 Å². The van der Waals surface area contributed by atoms with Gasteiger partial charge in [0, 0.05) is 0 Å². The summed E-state index contributed by atoms with van der Waals surface area (Å²) in [6.07, 6.45) is 3.88. The van der Waals surface area contributed by atoms with Gasteiger partial charge >= 0.3 is 0 Å². The van der Waals surface area contributed by atoms with Crippen LogP contribution in [0.1, 0.15) is 40.0 Å². The molecule has 2 heteroatoms. The van der Waals surface area contributed by atoms with Gasteiger partial charge in [-0.1, -0.05) is 20.8 Å². The maximum atomic E-state index is 2.54. The normalized spacial score (nSPS) is 9.82. The number of hydrogen-bond acceptors (Lipinski definition) is 1. The van der Waals surface area contributed by atoms with E-state index < -0.39 is 0 Å². The van der Waals surface area contributed by atoms with Crippen LogP contribution in [-0.2, 0) is 0 Å². The Balaban J connectivity index is 0. The fourth-order valence-corrected chi connectivity index (χ4v) is 1.28. The molecule has 0 radical (unpaired) electrons. The van der Waals surface area contributed by atoms with Gasteiger partial charge in [-0.25, -0.2) is 0 Å². The summed E-state index contributed by atoms with van der Waals surface area (Å²) in [5, 5.41) is 0. The van der Waals surface area contributed by atoms with E-state index in [9.17, 15) is 0 Å². The van der Waals surface area contributed by atoms with Crippen LogP contribution in [0.3, 0.4) is 0 Å². The van der Waals surface area contributed by atoms with E-state index in [4.69, 9.17) is 0 Å². The highest BCUT2D eigenvalue weighted by molar-refractivity contribution is 4.53. The Bertz CT molecular complexity index is 52.3. The molecule has 0 amide bonds. The summed E-state index contributed by atoms with van der Waals surface area (Å²) in [4.78, 5) is 2.54. The van der Waals surface area contributed by atoms with Gasteiger partial charge in [0.1, 0.15) is 0 Å². The standard InChI is InChI=1S/C9H21N.FH/c1-4-7-10(8-5-2)9-6-3;/h4-9H2,1-3H3;1H. The Kier molecular flexibility index (Phi) is 12.1. The molecule has 0 saturated heterocycles. The van der Waals surface area contributed by atoms with Crippen molar-refractivity contribution in [1.29, 1.82) is 0 Å². The number of hydrogen-bond donors (Lipinski definition) is 0. The molecule has 0 aromatic heterocycles. The van der Waals surface area contributed by atoms with Crippen molar-refractivity contribution in [3.05, 3.63) is 0 Å². The van der Waals surface area contributed by atoms with Crippen molar-refractivity contribution in [3.63, 3.8) is 0 Å². The molecule has 0 aliphatic heterocycles. The molecule has 0 unspecified atom stereocenters. The molecule has 0 aliphatic rings. The maximum absolute atomic E-state index is 2.54. The Labute approximate surface area is 70.1 Å². The van der Waals surface area contributed by atoms with Gasteiger partial charge in [-0.15, -0.1) is 0 Å². The van der Waals surface area contributed by atoms with Gasteiger partial charge in [0.15, 0.2) is 0 Å². The van der Waals surface area contributed by atoms with Crippen LogP contribution in [0.4, 0.5) is 4.70 Å². The zero-order chi connectivity index (χ0) is 7.82. The lowest BCUT2D eigenvalue weighted by molar-refractivity contribution is 0.275. The highest BCUT2D eigenvalue weighted by atomic mass is 19.0. The summed E-state index contributed by atoms with van der Waals surface area (Å²) in [6, 6.07) is 0. The Hall–Kier alpha value is -0.110. The van der Waals surface area contributed by atoms with Crippen LogP contribution in [0.5, 0.6) is 0 Å². The largest absolute Gasteiger partial charge is 0.303 e. The average molecular weight is 163 g/mol. The topological polar surface area (TPSA) is 3.24 Å². The van der Waals surface area contributed by atoms with Crippen LogP contribution in [0.2, 0.25) is 0 Å². The number of rotatable bonds is 6. The third kappa shape index (κ3) is 7.79. The summed E-state index contributed by atoms with van der Waals surface area (Å²) < 4.78 is 0. The van der Waals surface area contributed by atoms with E-state index >= 15 is 0 Å². The molecular weight excluding hydrogens is 141 g/mol. The van der Waals surface area contributed by atoms with Crippen molar-refractivity contribution in [2.24, 2.45) is 0 Å². The second kappa shape index (κ2) is 9.89. The van der Waals surface area contributed by atoms with Gasteiger partial charge in [-0.2, -0.15) is 0 Å². The fraction of sp³-hybridized carbons (Fsp3) is 1.00. The molecule has 0 N–H and O–H groups in total. The monoisotopic (exact) mass is 163 g/mol. The van der Waals surface area contributed by atoms with Crippen molar-refractivity contribution in [3.8, 4) is 0 Å². The van der Waals surface area contributed by atoms with Gasteiger partial charge in [-0.05, 0) is 38.9 Å². The molecule has 11 heavy (non-hydrogen) atoms. The van der Waals surface area contributed by atoms with Gasteiger partial charge in [0.2, 0.25) is 0 Å². The van der Waals surface area contributed by atoms with Gasteiger partial charge < -0.3 is 4.90 Å². The zero-order valence-electron chi connectivity index (χ0n) is 8.10. The number of nitrogens with zero attached hydrogens (tertiary/aromatic N) is 1. The predicted molar refractivity (Wildman–Crippen MR) is 49.8 cm³/mol. The molecule has 0 aromatic carbocycles. The van der Waals surface area contributed by atoms with Crippen molar-refractivity contribution in [2.75, 3.05) is 19.6 Å². The molecule has 0 aromatic rings.